The van der Waals surface area contributed by atoms with Crippen molar-refractivity contribution in [2.24, 2.45) is 0 Å². The normalized spacial score (nSPS) is 16.9. The van der Waals surface area contributed by atoms with Crippen LogP contribution in [0.5, 0.6) is 0 Å². The Bertz CT molecular complexity index is 604. The van der Waals surface area contributed by atoms with Gasteiger partial charge in [-0.05, 0) is 31.4 Å². The van der Waals surface area contributed by atoms with Crippen LogP contribution >= 0.6 is 11.8 Å². The summed E-state index contributed by atoms with van der Waals surface area (Å²) in [5.41, 5.74) is 3.61. The highest BCUT2D eigenvalue weighted by Crippen LogP contribution is 2.41. The summed E-state index contributed by atoms with van der Waals surface area (Å²) in [6.45, 7) is 2.29. The summed E-state index contributed by atoms with van der Waals surface area (Å²) in [5.74, 6) is 0. The Balaban J connectivity index is 1.78. The maximum absolute atomic E-state index is 5.04. The molecule has 0 radical (unpaired) electrons. The van der Waals surface area contributed by atoms with Gasteiger partial charge in [0.2, 0.25) is 0 Å². The Morgan fingerprint density at radius 2 is 1.79 bits per heavy atom. The first kappa shape index (κ1) is 17.5. The van der Waals surface area contributed by atoms with Gasteiger partial charge in [-0.3, -0.25) is 4.98 Å². The highest BCUT2D eigenvalue weighted by Gasteiger charge is 2.21. The van der Waals surface area contributed by atoms with Crippen molar-refractivity contribution in [3.05, 3.63) is 54.2 Å². The molecule has 1 aromatic carbocycles. The quantitative estimate of drug-likeness (QED) is 0.536. The van der Waals surface area contributed by atoms with Gasteiger partial charge in [0.25, 0.3) is 0 Å². The molecular formula is C22H29NS. The molecule has 2 aromatic rings. The van der Waals surface area contributed by atoms with Crippen molar-refractivity contribution in [2.45, 2.75) is 68.8 Å². The number of hydrogen-bond donors (Lipinski definition) is 0. The molecule has 0 spiro atoms. The molecule has 1 unspecified atom stereocenters. The second kappa shape index (κ2) is 9.27. The smallest absolute Gasteiger partial charge is 0.0705 e. The predicted molar refractivity (Wildman–Crippen MR) is 106 cm³/mol. The summed E-state index contributed by atoms with van der Waals surface area (Å²) >= 11 is 2.20. The van der Waals surface area contributed by atoms with Gasteiger partial charge < -0.3 is 0 Å². The highest BCUT2D eigenvalue weighted by atomic mass is 32.2. The van der Waals surface area contributed by atoms with E-state index >= 15 is 0 Å². The predicted octanol–water partition coefficient (Wildman–Crippen LogP) is 7.05. The van der Waals surface area contributed by atoms with Gasteiger partial charge in [-0.25, -0.2) is 0 Å². The number of rotatable bonds is 7. The minimum atomic E-state index is 0.553. The van der Waals surface area contributed by atoms with Crippen LogP contribution in [-0.4, -0.2) is 10.2 Å². The van der Waals surface area contributed by atoms with Gasteiger partial charge in [-0.2, -0.15) is 0 Å². The summed E-state index contributed by atoms with van der Waals surface area (Å²) < 4.78 is 0. The first-order valence-electron chi connectivity index (χ1n) is 9.54. The van der Waals surface area contributed by atoms with E-state index in [1.807, 2.05) is 0 Å². The SMILES string of the molecule is CCCCC(SC1CCCCC1)c1cccc(-c2ccccc2)n1. The molecule has 24 heavy (non-hydrogen) atoms. The summed E-state index contributed by atoms with van der Waals surface area (Å²) in [6, 6.07) is 17.1. The minimum Gasteiger partial charge on any atom is -0.252 e. The van der Waals surface area contributed by atoms with Crippen molar-refractivity contribution >= 4 is 11.8 Å². The largest absolute Gasteiger partial charge is 0.252 e. The zero-order valence-electron chi connectivity index (χ0n) is 14.8. The third-order valence-corrected chi connectivity index (χ3v) is 6.56. The Labute approximate surface area is 151 Å². The highest BCUT2D eigenvalue weighted by molar-refractivity contribution is 8.00. The molecule has 0 aliphatic heterocycles. The lowest BCUT2D eigenvalue weighted by atomic mass is 10.0. The lowest BCUT2D eigenvalue weighted by Crippen LogP contribution is -2.11. The van der Waals surface area contributed by atoms with Crippen LogP contribution in [0.4, 0.5) is 0 Å². The molecule has 2 heteroatoms. The summed E-state index contributed by atoms with van der Waals surface area (Å²) in [7, 11) is 0. The van der Waals surface area contributed by atoms with Crippen molar-refractivity contribution in [1.29, 1.82) is 0 Å². The van der Waals surface area contributed by atoms with Crippen LogP contribution in [0.25, 0.3) is 11.3 Å². The lowest BCUT2D eigenvalue weighted by molar-refractivity contribution is 0.513. The van der Waals surface area contributed by atoms with Gasteiger partial charge in [-0.15, -0.1) is 11.8 Å². The molecule has 1 aromatic heterocycles. The molecule has 0 N–H and O–H groups in total. The van der Waals surface area contributed by atoms with E-state index in [0.29, 0.717) is 5.25 Å². The van der Waals surface area contributed by atoms with Crippen LogP contribution in [0.15, 0.2) is 48.5 Å². The summed E-state index contributed by atoms with van der Waals surface area (Å²) in [6.07, 6.45) is 10.9. The van der Waals surface area contributed by atoms with Crippen molar-refractivity contribution in [3.63, 3.8) is 0 Å². The first-order chi connectivity index (χ1) is 11.9. The second-order valence-electron chi connectivity index (χ2n) is 6.84. The molecule has 1 heterocycles. The fourth-order valence-corrected chi connectivity index (χ4v) is 5.15. The van der Waals surface area contributed by atoms with Crippen molar-refractivity contribution in [3.8, 4) is 11.3 Å². The average Bonchev–Trinajstić information content (AvgIpc) is 2.67. The van der Waals surface area contributed by atoms with Crippen LogP contribution in [-0.2, 0) is 0 Å². The van der Waals surface area contributed by atoms with Crippen LogP contribution in [0.3, 0.4) is 0 Å². The number of nitrogens with zero attached hydrogens (tertiary/aromatic N) is 1. The number of pyridine rings is 1. The number of unbranched alkanes of at least 4 members (excludes halogenated alkanes) is 1. The van der Waals surface area contributed by atoms with E-state index in [2.05, 4.69) is 67.2 Å². The van der Waals surface area contributed by atoms with E-state index in [1.165, 1.54) is 62.6 Å². The molecule has 128 valence electrons. The summed E-state index contributed by atoms with van der Waals surface area (Å²) in [4.78, 5) is 5.04. The molecular weight excluding hydrogens is 310 g/mol. The van der Waals surface area contributed by atoms with Crippen LogP contribution in [0.2, 0.25) is 0 Å². The maximum atomic E-state index is 5.04. The van der Waals surface area contributed by atoms with Crippen LogP contribution in [0, 0.1) is 0 Å². The van der Waals surface area contributed by atoms with E-state index in [1.54, 1.807) is 0 Å². The molecule has 0 amide bonds. The van der Waals surface area contributed by atoms with E-state index < -0.39 is 0 Å². The molecule has 0 bridgehead atoms. The molecule has 1 fully saturated rings. The van der Waals surface area contributed by atoms with Gasteiger partial charge in [0.15, 0.2) is 0 Å². The van der Waals surface area contributed by atoms with Crippen molar-refractivity contribution in [2.75, 3.05) is 0 Å². The molecule has 1 nitrogen and oxygen atoms in total. The third-order valence-electron chi connectivity index (χ3n) is 4.90. The molecule has 1 atom stereocenters. The maximum Gasteiger partial charge on any atom is 0.0705 e. The zero-order valence-corrected chi connectivity index (χ0v) is 15.6. The first-order valence-corrected chi connectivity index (χ1v) is 10.5. The Kier molecular flexibility index (Phi) is 6.77. The summed E-state index contributed by atoms with van der Waals surface area (Å²) in [5, 5.41) is 1.39. The molecule has 0 saturated heterocycles. The van der Waals surface area contributed by atoms with E-state index in [0.717, 1.165) is 10.9 Å². The average molecular weight is 340 g/mol. The fraction of sp³-hybridized carbons (Fsp3) is 0.500. The zero-order chi connectivity index (χ0) is 16.6. The van der Waals surface area contributed by atoms with E-state index in [-0.39, 0.29) is 0 Å². The molecule has 1 aliphatic rings. The van der Waals surface area contributed by atoms with Crippen molar-refractivity contribution < 1.29 is 0 Å². The number of aromatic nitrogens is 1. The molecule has 3 rings (SSSR count). The monoisotopic (exact) mass is 339 g/mol. The van der Waals surface area contributed by atoms with Gasteiger partial charge in [0.1, 0.15) is 0 Å². The van der Waals surface area contributed by atoms with E-state index in [9.17, 15) is 0 Å². The fourth-order valence-electron chi connectivity index (χ4n) is 3.51. The topological polar surface area (TPSA) is 12.9 Å². The van der Waals surface area contributed by atoms with Gasteiger partial charge in [-0.1, -0.05) is 75.4 Å². The number of hydrogen-bond acceptors (Lipinski definition) is 2. The van der Waals surface area contributed by atoms with Gasteiger partial charge in [0, 0.05) is 16.1 Å². The van der Waals surface area contributed by atoms with Crippen LogP contribution in [0.1, 0.15) is 69.2 Å². The third kappa shape index (κ3) is 4.86. The Morgan fingerprint density at radius 1 is 1.00 bits per heavy atom. The molecule has 1 saturated carbocycles. The Hall–Kier alpha value is -1.28. The minimum absolute atomic E-state index is 0.553. The lowest BCUT2D eigenvalue weighted by Gasteiger charge is -2.26. The number of benzene rings is 1. The van der Waals surface area contributed by atoms with Gasteiger partial charge in [0.05, 0.1) is 11.4 Å². The molecule has 1 aliphatic carbocycles. The standard InChI is InChI=1S/C22H29NS/c1-2-3-17-22(24-19-13-8-5-9-14-19)21-16-10-15-20(23-21)18-11-6-4-7-12-18/h4,6-7,10-12,15-16,19,22H,2-3,5,8-9,13-14,17H2,1H3. The van der Waals surface area contributed by atoms with Crippen molar-refractivity contribution in [1.82, 2.24) is 4.98 Å². The van der Waals surface area contributed by atoms with Gasteiger partial charge >= 0.3 is 0 Å². The second-order valence-corrected chi connectivity index (χ2v) is 8.35. The number of thioether (sulfide) groups is 1. The van der Waals surface area contributed by atoms with E-state index in [4.69, 9.17) is 4.98 Å². The Morgan fingerprint density at radius 3 is 2.54 bits per heavy atom. The van der Waals surface area contributed by atoms with Crippen LogP contribution < -0.4 is 0 Å².